The second kappa shape index (κ2) is 24.7. The lowest BCUT2D eigenvalue weighted by Crippen LogP contribution is -2.50. The molecule has 30 heavy (non-hydrogen) atoms. The zero-order valence-electron chi connectivity index (χ0n) is 21.2. The van der Waals surface area contributed by atoms with Crippen molar-refractivity contribution in [2.45, 2.75) is 130 Å². The number of quaternary nitrogens is 1. The smallest absolute Gasteiger partial charge is 0.317 e. The summed E-state index contributed by atoms with van der Waals surface area (Å²) in [6, 6.07) is 0. The highest BCUT2D eigenvalue weighted by Crippen LogP contribution is 2.19. The van der Waals surface area contributed by atoms with Crippen molar-refractivity contribution in [1.82, 2.24) is 0 Å². The largest absolute Gasteiger partial charge is 0.480 e. The van der Waals surface area contributed by atoms with Crippen molar-refractivity contribution in [1.29, 1.82) is 0 Å². The fourth-order valence-corrected chi connectivity index (χ4v) is 4.17. The van der Waals surface area contributed by atoms with Gasteiger partial charge >= 0.3 is 5.97 Å². The number of hydrogen-bond donors (Lipinski definition) is 2. The number of hydrogen-bond acceptors (Lipinski definition) is 2. The molecule has 0 unspecified atom stereocenters. The predicted molar refractivity (Wildman–Crippen MR) is 133 cm³/mol. The van der Waals surface area contributed by atoms with Gasteiger partial charge in [0, 0.05) is 0 Å². The number of carboxylic acids is 1. The summed E-state index contributed by atoms with van der Waals surface area (Å²) in [5.41, 5.74) is 4.57. The first-order valence-corrected chi connectivity index (χ1v) is 13.3. The molecule has 0 saturated heterocycles. The van der Waals surface area contributed by atoms with Crippen LogP contribution in [0.2, 0.25) is 0 Å². The second-order valence-corrected chi connectivity index (χ2v) is 9.08. The summed E-state index contributed by atoms with van der Waals surface area (Å²) in [5.74, 6) is -0.968. The molecular weight excluding hydrogens is 372 g/mol. The van der Waals surface area contributed by atoms with Crippen LogP contribution in [0, 0.1) is 0 Å². The Morgan fingerprint density at radius 2 is 0.800 bits per heavy atom. The van der Waals surface area contributed by atoms with Crippen molar-refractivity contribution in [2.24, 2.45) is 5.73 Å². The molecule has 0 saturated carbocycles. The first-order valence-electron chi connectivity index (χ1n) is 13.3. The normalized spacial score (nSPS) is 11.2. The van der Waals surface area contributed by atoms with E-state index in [2.05, 4.69) is 33.4 Å². The molecule has 0 fully saturated rings. The van der Waals surface area contributed by atoms with Gasteiger partial charge in [-0.1, -0.05) is 79.1 Å². The van der Waals surface area contributed by atoms with E-state index in [0.717, 1.165) is 0 Å². The van der Waals surface area contributed by atoms with E-state index in [1.165, 1.54) is 133 Å². The molecule has 0 radical (unpaired) electrons. The number of rotatable bonds is 21. The van der Waals surface area contributed by atoms with Gasteiger partial charge in [0.05, 0.1) is 32.7 Å². The summed E-state index contributed by atoms with van der Waals surface area (Å²) >= 11 is 0. The Morgan fingerprint density at radius 3 is 0.967 bits per heavy atom. The van der Waals surface area contributed by atoms with E-state index in [1.54, 1.807) is 0 Å². The van der Waals surface area contributed by atoms with Crippen LogP contribution in [-0.4, -0.2) is 48.3 Å². The fourth-order valence-electron chi connectivity index (χ4n) is 4.17. The van der Waals surface area contributed by atoms with Crippen molar-refractivity contribution in [3.63, 3.8) is 0 Å². The third-order valence-electron chi connectivity index (χ3n) is 6.12. The van der Waals surface area contributed by atoms with Gasteiger partial charge < -0.3 is 15.3 Å². The van der Waals surface area contributed by atoms with Gasteiger partial charge in [-0.25, -0.2) is 0 Å². The number of nitrogens with zero attached hydrogens (tertiary/aromatic N) is 1. The Hall–Kier alpha value is -0.610. The number of aliphatic carboxylic acids is 1. The molecule has 0 amide bonds. The van der Waals surface area contributed by atoms with E-state index in [0.29, 0.717) is 0 Å². The summed E-state index contributed by atoms with van der Waals surface area (Å²) in [6.07, 6.45) is 22.8. The summed E-state index contributed by atoms with van der Waals surface area (Å²) in [6.45, 7) is 14.9. The van der Waals surface area contributed by atoms with Gasteiger partial charge in [0.25, 0.3) is 0 Å². The van der Waals surface area contributed by atoms with Crippen LogP contribution in [0.5, 0.6) is 0 Å². The van der Waals surface area contributed by atoms with Gasteiger partial charge in [0.2, 0.25) is 0 Å². The van der Waals surface area contributed by atoms with E-state index in [9.17, 15) is 4.79 Å². The minimum atomic E-state index is -0.968. The van der Waals surface area contributed by atoms with E-state index in [1.807, 2.05) is 0 Å². The molecule has 4 nitrogen and oxygen atoms in total. The molecule has 3 N–H and O–H groups in total. The maximum absolute atomic E-state index is 9.24. The second-order valence-electron chi connectivity index (χ2n) is 9.08. The molecule has 0 rings (SSSR count). The lowest BCUT2D eigenvalue weighted by atomic mass is 10.1. The Morgan fingerprint density at radius 1 is 0.567 bits per heavy atom. The molecule has 0 atom stereocenters. The van der Waals surface area contributed by atoms with Crippen LogP contribution < -0.4 is 5.73 Å². The Bertz CT molecular complexity index is 294. The highest BCUT2D eigenvalue weighted by Gasteiger charge is 2.25. The van der Waals surface area contributed by atoms with Crippen LogP contribution in [0.15, 0.2) is 0 Å². The summed E-state index contributed by atoms with van der Waals surface area (Å²) in [4.78, 5) is 9.24. The Kier molecular flexibility index (Phi) is 26.0. The molecule has 0 spiro atoms. The standard InChI is InChI=1S/C24H52N.C2H5NO2/c1-5-9-13-17-21-25(22-18-14-10-6-2,23-19-15-11-7-3)24-20-16-12-8-4;3-1-2(4)5/h5-24H2,1-4H3;1,3H2,(H,4,5)/q+1;. The zero-order valence-corrected chi connectivity index (χ0v) is 21.2. The molecule has 0 aromatic carbocycles. The lowest BCUT2D eigenvalue weighted by Gasteiger charge is -2.39. The summed E-state index contributed by atoms with van der Waals surface area (Å²) in [5, 5.41) is 7.60. The molecule has 182 valence electrons. The Labute approximate surface area is 189 Å². The average molecular weight is 430 g/mol. The third kappa shape index (κ3) is 22.1. The van der Waals surface area contributed by atoms with E-state index in [4.69, 9.17) is 5.11 Å². The van der Waals surface area contributed by atoms with Crippen LogP contribution in [0.1, 0.15) is 130 Å². The molecule has 0 aliphatic heterocycles. The van der Waals surface area contributed by atoms with E-state index >= 15 is 0 Å². The van der Waals surface area contributed by atoms with Gasteiger partial charge in [0.15, 0.2) is 0 Å². The number of carboxylic acid groups (broad SMARTS) is 1. The number of nitrogens with two attached hydrogens (primary N) is 1. The first kappa shape index (κ1) is 31.6. The highest BCUT2D eigenvalue weighted by atomic mass is 16.4. The molecule has 0 aromatic rings. The zero-order chi connectivity index (χ0) is 22.9. The van der Waals surface area contributed by atoms with Crippen LogP contribution in [0.3, 0.4) is 0 Å². The van der Waals surface area contributed by atoms with Gasteiger partial charge in [-0.05, 0) is 51.4 Å². The van der Waals surface area contributed by atoms with Gasteiger partial charge in [-0.2, -0.15) is 0 Å². The van der Waals surface area contributed by atoms with Crippen molar-refractivity contribution in [3.8, 4) is 0 Å². The van der Waals surface area contributed by atoms with Gasteiger partial charge in [0.1, 0.15) is 0 Å². The molecule has 4 heteroatoms. The number of carbonyl (C=O) groups is 1. The summed E-state index contributed by atoms with van der Waals surface area (Å²) < 4.78 is 1.46. The third-order valence-corrected chi connectivity index (χ3v) is 6.12. The van der Waals surface area contributed by atoms with E-state index < -0.39 is 5.97 Å². The van der Waals surface area contributed by atoms with Crippen LogP contribution in [0.25, 0.3) is 0 Å². The summed E-state index contributed by atoms with van der Waals surface area (Å²) in [7, 11) is 0. The molecule has 0 aliphatic carbocycles. The van der Waals surface area contributed by atoms with Crippen molar-refractivity contribution in [3.05, 3.63) is 0 Å². The minimum absolute atomic E-state index is 0.278. The van der Waals surface area contributed by atoms with Crippen LogP contribution >= 0.6 is 0 Å². The predicted octanol–water partition coefficient (Wildman–Crippen LogP) is 7.15. The number of unbranched alkanes of at least 4 members (excludes halogenated alkanes) is 12. The quantitative estimate of drug-likeness (QED) is 0.150. The maximum atomic E-state index is 9.24. The van der Waals surface area contributed by atoms with Crippen molar-refractivity contribution in [2.75, 3.05) is 32.7 Å². The molecule has 0 heterocycles. The fraction of sp³-hybridized carbons (Fsp3) is 0.962. The molecule has 0 aliphatic rings. The molecule has 0 aromatic heterocycles. The average Bonchev–Trinajstić information content (AvgIpc) is 2.75. The van der Waals surface area contributed by atoms with Crippen molar-refractivity contribution >= 4 is 5.97 Å². The lowest BCUT2D eigenvalue weighted by molar-refractivity contribution is -0.929. The molecular formula is C26H57N2O2+. The van der Waals surface area contributed by atoms with Crippen LogP contribution in [-0.2, 0) is 4.79 Å². The van der Waals surface area contributed by atoms with Crippen LogP contribution in [0.4, 0.5) is 0 Å². The van der Waals surface area contributed by atoms with Crippen molar-refractivity contribution < 1.29 is 14.4 Å². The molecule has 0 bridgehead atoms. The monoisotopic (exact) mass is 429 g/mol. The topological polar surface area (TPSA) is 63.3 Å². The highest BCUT2D eigenvalue weighted by molar-refractivity contribution is 5.68. The Balaban J connectivity index is 0. The maximum Gasteiger partial charge on any atom is 0.317 e. The van der Waals surface area contributed by atoms with Gasteiger partial charge in [-0.3, -0.25) is 4.79 Å². The minimum Gasteiger partial charge on any atom is -0.480 e. The first-order chi connectivity index (χ1) is 14.5. The SMILES string of the molecule is CCCCCC[N+](CCCCCC)(CCCCCC)CCCCCC.NCC(=O)O. The van der Waals surface area contributed by atoms with Gasteiger partial charge in [-0.15, -0.1) is 0 Å². The van der Waals surface area contributed by atoms with E-state index in [-0.39, 0.29) is 6.54 Å².